The van der Waals surface area contributed by atoms with Gasteiger partial charge in [-0.3, -0.25) is 4.79 Å². The van der Waals surface area contributed by atoms with Crippen LogP contribution >= 0.6 is 11.6 Å². The number of nitrogens with zero attached hydrogens (tertiary/aromatic N) is 5. The average Bonchev–Trinajstić information content (AvgIpc) is 3.34. The Hall–Kier alpha value is -3.54. The summed E-state index contributed by atoms with van der Waals surface area (Å²) >= 11 is 6.27. The summed E-state index contributed by atoms with van der Waals surface area (Å²) in [5.74, 6) is 1.63. The molecule has 1 aliphatic heterocycles. The zero-order chi connectivity index (χ0) is 26.2. The van der Waals surface area contributed by atoms with Gasteiger partial charge in [-0.1, -0.05) is 17.7 Å². The molecule has 0 spiro atoms. The standard InChI is InChI=1S/C25H30ClN7O4/c1-37-21-4-3-16(10-20(21)26)11-29-23-19(24(36)30-13-22-27-6-2-7-28-22)12-31-25(32-23)33-14-17(5-8-34)9-18(33)15-35/h2-4,6-7,10,12,17-18,34-35H,5,8-9,11,13-15H2,1H3,(H,30,36)(H,29,31,32)/t17-,18-/m0/s1. The Kier molecular flexibility index (Phi) is 9.04. The van der Waals surface area contributed by atoms with Gasteiger partial charge in [-0.05, 0) is 42.5 Å². The van der Waals surface area contributed by atoms with Gasteiger partial charge in [-0.2, -0.15) is 4.98 Å². The molecule has 196 valence electrons. The highest BCUT2D eigenvalue weighted by Crippen LogP contribution is 2.30. The molecule has 1 fully saturated rings. The number of aliphatic hydroxyl groups excluding tert-OH is 2. The highest BCUT2D eigenvalue weighted by Gasteiger charge is 2.33. The molecule has 12 heteroatoms. The number of anilines is 2. The summed E-state index contributed by atoms with van der Waals surface area (Å²) in [6.07, 6.45) is 6.06. The van der Waals surface area contributed by atoms with Crippen molar-refractivity contribution in [2.75, 3.05) is 37.1 Å². The molecule has 0 saturated carbocycles. The van der Waals surface area contributed by atoms with Gasteiger partial charge in [-0.25, -0.2) is 15.0 Å². The van der Waals surface area contributed by atoms with Gasteiger partial charge in [0.2, 0.25) is 5.95 Å². The second-order valence-corrected chi connectivity index (χ2v) is 9.11. The van der Waals surface area contributed by atoms with Crippen molar-refractivity contribution in [3.05, 3.63) is 64.8 Å². The van der Waals surface area contributed by atoms with Gasteiger partial charge >= 0.3 is 0 Å². The number of carbonyl (C=O) groups excluding carboxylic acids is 1. The normalized spacial score (nSPS) is 17.0. The molecule has 4 rings (SSSR count). The van der Waals surface area contributed by atoms with Gasteiger partial charge in [0.25, 0.3) is 5.91 Å². The lowest BCUT2D eigenvalue weighted by molar-refractivity contribution is 0.0950. The third-order valence-electron chi connectivity index (χ3n) is 6.23. The maximum atomic E-state index is 13.1. The highest BCUT2D eigenvalue weighted by molar-refractivity contribution is 6.32. The van der Waals surface area contributed by atoms with Crippen molar-refractivity contribution >= 4 is 29.3 Å². The Morgan fingerprint density at radius 1 is 1.22 bits per heavy atom. The number of methoxy groups -OCH3 is 1. The van der Waals surface area contributed by atoms with E-state index in [1.807, 2.05) is 11.0 Å². The maximum Gasteiger partial charge on any atom is 0.256 e. The molecule has 0 aliphatic carbocycles. The van der Waals surface area contributed by atoms with Gasteiger partial charge in [-0.15, -0.1) is 0 Å². The average molecular weight is 528 g/mol. The van der Waals surface area contributed by atoms with E-state index in [9.17, 15) is 15.0 Å². The van der Waals surface area contributed by atoms with Crippen molar-refractivity contribution < 1.29 is 19.7 Å². The summed E-state index contributed by atoms with van der Waals surface area (Å²) in [6, 6.07) is 6.96. The van der Waals surface area contributed by atoms with Crippen LogP contribution in [0.3, 0.4) is 0 Å². The summed E-state index contributed by atoms with van der Waals surface area (Å²) in [5, 5.41) is 25.8. The number of aliphatic hydroxyl groups is 2. The second kappa shape index (κ2) is 12.6. The molecule has 1 amide bonds. The quantitative estimate of drug-likeness (QED) is 0.292. The summed E-state index contributed by atoms with van der Waals surface area (Å²) in [5.41, 5.74) is 1.12. The molecule has 1 saturated heterocycles. The number of carbonyl (C=O) groups is 1. The van der Waals surface area contributed by atoms with Crippen LogP contribution in [0.1, 0.15) is 34.6 Å². The summed E-state index contributed by atoms with van der Waals surface area (Å²) in [6.45, 7) is 1.13. The molecule has 1 aliphatic rings. The number of rotatable bonds is 11. The van der Waals surface area contributed by atoms with Crippen molar-refractivity contribution in [3.8, 4) is 5.75 Å². The monoisotopic (exact) mass is 527 g/mol. The molecular weight excluding hydrogens is 498 g/mol. The van der Waals surface area contributed by atoms with E-state index in [0.29, 0.717) is 47.9 Å². The van der Waals surface area contributed by atoms with Crippen molar-refractivity contribution in [1.29, 1.82) is 0 Å². The predicted molar refractivity (Wildman–Crippen MR) is 139 cm³/mol. The Morgan fingerprint density at radius 2 is 2.03 bits per heavy atom. The SMILES string of the molecule is COc1ccc(CNc2nc(N3C[C@@H](CCO)C[C@H]3CO)ncc2C(=O)NCc2ncccn2)cc1Cl. The molecule has 0 radical (unpaired) electrons. The molecule has 0 unspecified atom stereocenters. The molecule has 1 aromatic carbocycles. The molecule has 3 heterocycles. The van der Waals surface area contributed by atoms with Crippen molar-refractivity contribution in [2.24, 2.45) is 5.92 Å². The summed E-state index contributed by atoms with van der Waals surface area (Å²) in [4.78, 5) is 32.4. The van der Waals surface area contributed by atoms with Crippen LogP contribution in [0.4, 0.5) is 11.8 Å². The number of benzene rings is 1. The number of ether oxygens (including phenoxy) is 1. The Morgan fingerprint density at radius 3 is 2.73 bits per heavy atom. The zero-order valence-corrected chi connectivity index (χ0v) is 21.2. The van der Waals surface area contributed by atoms with Crippen LogP contribution < -0.4 is 20.3 Å². The number of hydrogen-bond donors (Lipinski definition) is 4. The van der Waals surface area contributed by atoms with Crippen LogP contribution in [-0.2, 0) is 13.1 Å². The number of nitrogens with one attached hydrogen (secondary N) is 2. The number of amides is 1. The second-order valence-electron chi connectivity index (χ2n) is 8.71. The summed E-state index contributed by atoms with van der Waals surface area (Å²) in [7, 11) is 1.55. The predicted octanol–water partition coefficient (Wildman–Crippen LogP) is 2.04. The molecule has 11 nitrogen and oxygen atoms in total. The smallest absolute Gasteiger partial charge is 0.256 e. The van der Waals surface area contributed by atoms with Crippen LogP contribution in [-0.4, -0.2) is 69.0 Å². The number of halogens is 1. The first-order valence-electron chi connectivity index (χ1n) is 12.0. The van der Waals surface area contributed by atoms with Crippen molar-refractivity contribution in [1.82, 2.24) is 25.3 Å². The molecule has 0 bridgehead atoms. The third kappa shape index (κ3) is 6.62. The Labute approximate surface area is 219 Å². The molecular formula is C25H30ClN7O4. The highest BCUT2D eigenvalue weighted by atomic mass is 35.5. The topological polar surface area (TPSA) is 146 Å². The zero-order valence-electron chi connectivity index (χ0n) is 20.5. The first-order valence-corrected chi connectivity index (χ1v) is 12.4. The van der Waals surface area contributed by atoms with E-state index in [2.05, 4.69) is 30.6 Å². The Balaban J connectivity index is 1.58. The van der Waals surface area contributed by atoms with E-state index in [1.54, 1.807) is 37.7 Å². The van der Waals surface area contributed by atoms with Gasteiger partial charge in [0.1, 0.15) is 23.0 Å². The lowest BCUT2D eigenvalue weighted by Gasteiger charge is -2.24. The van der Waals surface area contributed by atoms with Crippen LogP contribution in [0.25, 0.3) is 0 Å². The van der Waals surface area contributed by atoms with E-state index in [0.717, 1.165) is 12.0 Å². The molecule has 2 aromatic heterocycles. The fourth-order valence-electron chi connectivity index (χ4n) is 4.32. The minimum Gasteiger partial charge on any atom is -0.495 e. The van der Waals surface area contributed by atoms with Gasteiger partial charge in [0, 0.05) is 38.3 Å². The molecule has 37 heavy (non-hydrogen) atoms. The number of aromatic nitrogens is 4. The van der Waals surface area contributed by atoms with Crippen LogP contribution in [0.15, 0.2) is 42.9 Å². The van der Waals surface area contributed by atoms with Crippen LogP contribution in [0.2, 0.25) is 5.02 Å². The minimum absolute atomic E-state index is 0.0578. The third-order valence-corrected chi connectivity index (χ3v) is 6.52. The first kappa shape index (κ1) is 26.5. The molecule has 4 N–H and O–H groups in total. The van der Waals surface area contributed by atoms with E-state index in [-0.39, 0.29) is 43.2 Å². The molecule has 3 aromatic rings. The lowest BCUT2D eigenvalue weighted by Crippen LogP contribution is -2.34. The van der Waals surface area contributed by atoms with Crippen LogP contribution in [0.5, 0.6) is 5.75 Å². The maximum absolute atomic E-state index is 13.1. The van der Waals surface area contributed by atoms with Crippen molar-refractivity contribution in [2.45, 2.75) is 32.0 Å². The fraction of sp³-hybridized carbons (Fsp3) is 0.400. The number of hydrogen-bond acceptors (Lipinski definition) is 10. The largest absolute Gasteiger partial charge is 0.495 e. The van der Waals surface area contributed by atoms with E-state index in [4.69, 9.17) is 16.3 Å². The Bertz CT molecular complexity index is 1200. The van der Waals surface area contributed by atoms with E-state index >= 15 is 0 Å². The first-order chi connectivity index (χ1) is 18.0. The fourth-order valence-corrected chi connectivity index (χ4v) is 4.60. The van der Waals surface area contributed by atoms with Gasteiger partial charge < -0.3 is 30.5 Å². The van der Waals surface area contributed by atoms with Crippen LogP contribution in [0, 0.1) is 5.92 Å². The van der Waals surface area contributed by atoms with E-state index < -0.39 is 0 Å². The lowest BCUT2D eigenvalue weighted by atomic mass is 10.0. The van der Waals surface area contributed by atoms with Gasteiger partial charge in [0.05, 0.1) is 31.3 Å². The summed E-state index contributed by atoms with van der Waals surface area (Å²) < 4.78 is 5.22. The van der Waals surface area contributed by atoms with Gasteiger partial charge in [0.15, 0.2) is 0 Å². The van der Waals surface area contributed by atoms with E-state index in [1.165, 1.54) is 6.20 Å². The molecule has 2 atom stereocenters. The van der Waals surface area contributed by atoms with Crippen molar-refractivity contribution in [3.63, 3.8) is 0 Å². The minimum atomic E-state index is -0.382.